The van der Waals surface area contributed by atoms with Crippen molar-refractivity contribution in [3.05, 3.63) is 28.3 Å². The Bertz CT molecular complexity index is 444. The number of rotatable bonds is 4. The Balaban J connectivity index is 2.13. The molecule has 0 amide bonds. The van der Waals surface area contributed by atoms with Gasteiger partial charge in [-0.05, 0) is 24.6 Å². The zero-order chi connectivity index (χ0) is 12.4. The Kier molecular flexibility index (Phi) is 3.54. The fraction of sp³-hybridized carbons (Fsp3) is 0.417. The normalized spacial score (nSPS) is 15.2. The molecule has 0 fully saturated rings. The van der Waals surface area contributed by atoms with E-state index >= 15 is 0 Å². The fourth-order valence-electron chi connectivity index (χ4n) is 1.74. The first-order valence-corrected chi connectivity index (χ1v) is 5.74. The number of hydrogen-bond acceptors (Lipinski definition) is 3. The summed E-state index contributed by atoms with van der Waals surface area (Å²) in [6.45, 7) is 2.32. The molecule has 1 aromatic rings. The van der Waals surface area contributed by atoms with Gasteiger partial charge in [-0.15, -0.1) is 0 Å². The Morgan fingerprint density at radius 2 is 2.41 bits per heavy atom. The quantitative estimate of drug-likeness (QED) is 0.898. The first-order valence-electron chi connectivity index (χ1n) is 5.36. The summed E-state index contributed by atoms with van der Waals surface area (Å²) in [5, 5.41) is 9.35. The molecule has 1 aliphatic heterocycles. The molecule has 1 atom stereocenters. The third-order valence-electron chi connectivity index (χ3n) is 2.66. The summed E-state index contributed by atoms with van der Waals surface area (Å²) in [5.41, 5.74) is 1.86. The summed E-state index contributed by atoms with van der Waals surface area (Å²) in [7, 11) is 0. The van der Waals surface area contributed by atoms with Crippen LogP contribution in [0, 0.1) is 0 Å². The van der Waals surface area contributed by atoms with E-state index in [-0.39, 0.29) is 6.61 Å². The second-order valence-electron chi connectivity index (χ2n) is 3.94. The lowest BCUT2D eigenvalue weighted by atomic mass is 10.1. The van der Waals surface area contributed by atoms with Crippen molar-refractivity contribution in [3.8, 4) is 5.75 Å². The fourth-order valence-corrected chi connectivity index (χ4v) is 2.00. The lowest BCUT2D eigenvalue weighted by Gasteiger charge is -2.12. The van der Waals surface area contributed by atoms with Gasteiger partial charge in [0.05, 0.1) is 13.2 Å². The van der Waals surface area contributed by atoms with Crippen molar-refractivity contribution >= 4 is 17.6 Å². The molecule has 1 aliphatic rings. The molecular weight excluding hydrogens is 244 g/mol. The number of carbonyl (C=O) groups is 1. The number of benzene rings is 1. The number of halogens is 1. The third kappa shape index (κ3) is 2.70. The minimum absolute atomic E-state index is 0.191. The van der Waals surface area contributed by atoms with E-state index in [1.165, 1.54) is 6.92 Å². The second-order valence-corrected chi connectivity index (χ2v) is 4.38. The Labute approximate surface area is 104 Å². The number of carboxylic acids is 1. The van der Waals surface area contributed by atoms with Gasteiger partial charge >= 0.3 is 5.97 Å². The van der Waals surface area contributed by atoms with Gasteiger partial charge in [0, 0.05) is 17.0 Å². The molecule has 4 nitrogen and oxygen atoms in total. The van der Waals surface area contributed by atoms with Crippen molar-refractivity contribution in [2.24, 2.45) is 0 Å². The van der Waals surface area contributed by atoms with Crippen LogP contribution in [-0.4, -0.2) is 23.8 Å². The predicted molar refractivity (Wildman–Crippen MR) is 62.5 cm³/mol. The van der Waals surface area contributed by atoms with E-state index < -0.39 is 12.1 Å². The molecule has 0 unspecified atom stereocenters. The van der Waals surface area contributed by atoms with Crippen LogP contribution in [0.5, 0.6) is 5.75 Å². The Hall–Kier alpha value is -1.26. The molecule has 0 aromatic heterocycles. The van der Waals surface area contributed by atoms with Gasteiger partial charge < -0.3 is 14.6 Å². The number of ether oxygens (including phenoxy) is 2. The van der Waals surface area contributed by atoms with E-state index in [1.54, 1.807) is 6.07 Å². The molecular formula is C12H13ClO4. The number of carboxylic acid groups (broad SMARTS) is 1. The van der Waals surface area contributed by atoms with Crippen LogP contribution >= 0.6 is 11.6 Å². The van der Waals surface area contributed by atoms with Gasteiger partial charge in [0.1, 0.15) is 5.75 Å². The van der Waals surface area contributed by atoms with E-state index in [0.717, 1.165) is 23.3 Å². The molecule has 0 aliphatic carbocycles. The molecule has 0 radical (unpaired) electrons. The largest absolute Gasteiger partial charge is 0.493 e. The van der Waals surface area contributed by atoms with Crippen LogP contribution < -0.4 is 4.74 Å². The molecule has 0 saturated carbocycles. The predicted octanol–water partition coefficient (Wildman–Crippen LogP) is 2.26. The zero-order valence-electron chi connectivity index (χ0n) is 9.40. The first kappa shape index (κ1) is 12.2. The standard InChI is InChI=1S/C12H13ClO4/c1-7(12(14)15)17-6-9-5-10(13)4-8-2-3-16-11(8)9/h4-5,7H,2-3,6H2,1H3,(H,14,15)/t7-/m0/s1. The smallest absolute Gasteiger partial charge is 0.332 e. The first-order chi connectivity index (χ1) is 8.08. The summed E-state index contributed by atoms with van der Waals surface area (Å²) in [6.07, 6.45) is -0.0109. The average molecular weight is 257 g/mol. The molecule has 2 rings (SSSR count). The molecule has 1 heterocycles. The lowest BCUT2D eigenvalue weighted by molar-refractivity contribution is -0.149. The van der Waals surface area contributed by atoms with E-state index in [0.29, 0.717) is 11.6 Å². The Morgan fingerprint density at radius 3 is 3.12 bits per heavy atom. The highest BCUT2D eigenvalue weighted by molar-refractivity contribution is 6.30. The summed E-state index contributed by atoms with van der Waals surface area (Å²) in [5.74, 6) is -0.198. The van der Waals surface area contributed by atoms with Crippen LogP contribution in [0.4, 0.5) is 0 Å². The average Bonchev–Trinajstić information content (AvgIpc) is 2.72. The molecule has 0 spiro atoms. The number of hydrogen-bond donors (Lipinski definition) is 1. The highest BCUT2D eigenvalue weighted by atomic mass is 35.5. The monoisotopic (exact) mass is 256 g/mol. The van der Waals surface area contributed by atoms with Crippen molar-refractivity contribution < 1.29 is 19.4 Å². The SMILES string of the molecule is C[C@H](OCc1cc(Cl)cc2c1OCC2)C(=O)O. The maximum Gasteiger partial charge on any atom is 0.332 e. The van der Waals surface area contributed by atoms with Gasteiger partial charge in [-0.2, -0.15) is 0 Å². The van der Waals surface area contributed by atoms with Crippen LogP contribution in [0.1, 0.15) is 18.1 Å². The zero-order valence-corrected chi connectivity index (χ0v) is 10.2. The highest BCUT2D eigenvalue weighted by Gasteiger charge is 2.19. The molecule has 17 heavy (non-hydrogen) atoms. The van der Waals surface area contributed by atoms with Gasteiger partial charge in [-0.1, -0.05) is 11.6 Å². The summed E-state index contributed by atoms with van der Waals surface area (Å²) >= 11 is 5.98. The molecule has 92 valence electrons. The number of fused-ring (bicyclic) bond motifs is 1. The van der Waals surface area contributed by atoms with Gasteiger partial charge in [-0.25, -0.2) is 4.79 Å². The summed E-state index contributed by atoms with van der Waals surface area (Å²) in [6, 6.07) is 3.62. The maximum absolute atomic E-state index is 10.6. The van der Waals surface area contributed by atoms with E-state index in [4.69, 9.17) is 26.2 Å². The Morgan fingerprint density at radius 1 is 1.65 bits per heavy atom. The lowest BCUT2D eigenvalue weighted by Crippen LogP contribution is -2.19. The maximum atomic E-state index is 10.6. The minimum Gasteiger partial charge on any atom is -0.493 e. The molecule has 0 saturated heterocycles. The second kappa shape index (κ2) is 4.94. The van der Waals surface area contributed by atoms with Gasteiger partial charge in [0.15, 0.2) is 6.10 Å². The van der Waals surface area contributed by atoms with Gasteiger partial charge in [0.25, 0.3) is 0 Å². The molecule has 5 heteroatoms. The third-order valence-corrected chi connectivity index (χ3v) is 2.88. The van der Waals surface area contributed by atoms with Crippen LogP contribution in [0.2, 0.25) is 5.02 Å². The molecule has 1 N–H and O–H groups in total. The topological polar surface area (TPSA) is 55.8 Å². The van der Waals surface area contributed by atoms with Crippen molar-refractivity contribution in [3.63, 3.8) is 0 Å². The van der Waals surface area contributed by atoms with Crippen LogP contribution in [0.3, 0.4) is 0 Å². The molecule has 1 aromatic carbocycles. The van der Waals surface area contributed by atoms with Crippen LogP contribution in [0.25, 0.3) is 0 Å². The summed E-state index contributed by atoms with van der Waals surface area (Å²) < 4.78 is 10.7. The number of aliphatic carboxylic acids is 1. The van der Waals surface area contributed by atoms with Gasteiger partial charge in [-0.3, -0.25) is 0 Å². The van der Waals surface area contributed by atoms with E-state index in [2.05, 4.69) is 0 Å². The minimum atomic E-state index is -0.982. The van der Waals surface area contributed by atoms with Crippen molar-refractivity contribution in [2.75, 3.05) is 6.61 Å². The van der Waals surface area contributed by atoms with Gasteiger partial charge in [0.2, 0.25) is 0 Å². The van der Waals surface area contributed by atoms with E-state index in [9.17, 15) is 4.79 Å². The summed E-state index contributed by atoms with van der Waals surface area (Å²) in [4.78, 5) is 10.6. The highest BCUT2D eigenvalue weighted by Crippen LogP contribution is 2.33. The van der Waals surface area contributed by atoms with E-state index in [1.807, 2.05) is 6.07 Å². The van der Waals surface area contributed by atoms with Crippen molar-refractivity contribution in [1.29, 1.82) is 0 Å². The van der Waals surface area contributed by atoms with Crippen molar-refractivity contribution in [2.45, 2.75) is 26.1 Å². The molecule has 0 bridgehead atoms. The van der Waals surface area contributed by atoms with Crippen molar-refractivity contribution in [1.82, 2.24) is 0 Å². The van der Waals surface area contributed by atoms with Crippen LogP contribution in [0.15, 0.2) is 12.1 Å². The van der Waals surface area contributed by atoms with Crippen LogP contribution in [-0.2, 0) is 22.6 Å².